The number of aromatic nitrogens is 1. The van der Waals surface area contributed by atoms with E-state index in [0.29, 0.717) is 33.8 Å². The van der Waals surface area contributed by atoms with E-state index in [1.807, 2.05) is 32.0 Å². The summed E-state index contributed by atoms with van der Waals surface area (Å²) >= 11 is 1.30. The third kappa shape index (κ3) is 4.15. The van der Waals surface area contributed by atoms with Gasteiger partial charge in [-0.05, 0) is 73.0 Å². The molecule has 2 atom stereocenters. The van der Waals surface area contributed by atoms with Crippen molar-refractivity contribution in [1.82, 2.24) is 4.98 Å². The Labute approximate surface area is 228 Å². The lowest BCUT2D eigenvalue weighted by atomic mass is 9.94. The third-order valence-corrected chi connectivity index (χ3v) is 8.02. The van der Waals surface area contributed by atoms with Gasteiger partial charge in [0.05, 0.1) is 34.5 Å². The van der Waals surface area contributed by atoms with E-state index in [-0.39, 0.29) is 17.4 Å². The van der Waals surface area contributed by atoms with Gasteiger partial charge in [0.25, 0.3) is 5.78 Å². The Bertz CT molecular complexity index is 1700. The topological polar surface area (TPSA) is 106 Å². The van der Waals surface area contributed by atoms with Crippen molar-refractivity contribution in [2.24, 2.45) is 0 Å². The van der Waals surface area contributed by atoms with Crippen LogP contribution in [-0.2, 0) is 20.7 Å². The van der Waals surface area contributed by atoms with Crippen LogP contribution in [0.5, 0.6) is 5.75 Å². The molecule has 3 aromatic carbocycles. The SMILES string of the molecule is COC(=O)c1ccc(C2/C(=C(\O)c3ccc4c(c3)CC(C)O4)C(=O)C(=O)N2c2nc3ccc(C)cc3s2)cc1. The predicted molar refractivity (Wildman–Crippen MR) is 147 cm³/mol. The van der Waals surface area contributed by atoms with E-state index in [1.54, 1.807) is 42.5 Å². The third-order valence-electron chi connectivity index (χ3n) is 7.00. The van der Waals surface area contributed by atoms with Crippen molar-refractivity contribution in [2.75, 3.05) is 12.0 Å². The number of fused-ring (bicyclic) bond motifs is 2. The second-order valence-electron chi connectivity index (χ2n) is 9.71. The minimum absolute atomic E-state index is 0.0129. The second kappa shape index (κ2) is 9.36. The Morgan fingerprint density at radius 3 is 2.56 bits per heavy atom. The number of benzene rings is 3. The molecule has 1 amide bonds. The van der Waals surface area contributed by atoms with Gasteiger partial charge in [-0.3, -0.25) is 14.5 Å². The van der Waals surface area contributed by atoms with Crippen LogP contribution in [0.3, 0.4) is 0 Å². The zero-order valence-electron chi connectivity index (χ0n) is 21.4. The molecule has 4 aromatic rings. The molecule has 9 heteroatoms. The number of Topliss-reactive ketones (excluding diaryl/α,β-unsaturated/α-hetero) is 1. The molecule has 196 valence electrons. The molecule has 0 bridgehead atoms. The van der Waals surface area contributed by atoms with Crippen LogP contribution in [0.2, 0.25) is 0 Å². The summed E-state index contributed by atoms with van der Waals surface area (Å²) < 4.78 is 11.5. The number of hydrogen-bond acceptors (Lipinski definition) is 8. The number of carbonyl (C=O) groups is 3. The number of aliphatic hydroxyl groups is 1. The van der Waals surface area contributed by atoms with Crippen molar-refractivity contribution < 1.29 is 29.0 Å². The number of anilines is 1. The number of nitrogens with zero attached hydrogens (tertiary/aromatic N) is 2. The average Bonchev–Trinajstić information content (AvgIpc) is 3.59. The summed E-state index contributed by atoms with van der Waals surface area (Å²) in [6, 6.07) is 16.5. The van der Waals surface area contributed by atoms with Crippen LogP contribution in [0, 0.1) is 6.92 Å². The summed E-state index contributed by atoms with van der Waals surface area (Å²) in [5, 5.41) is 11.8. The number of methoxy groups -OCH3 is 1. The zero-order valence-corrected chi connectivity index (χ0v) is 22.2. The minimum atomic E-state index is -0.957. The van der Waals surface area contributed by atoms with Crippen molar-refractivity contribution in [3.05, 3.63) is 94.1 Å². The van der Waals surface area contributed by atoms with Crippen LogP contribution in [0.15, 0.2) is 66.2 Å². The molecule has 3 heterocycles. The zero-order chi connectivity index (χ0) is 27.4. The lowest BCUT2D eigenvalue weighted by molar-refractivity contribution is -0.132. The number of hydrogen-bond donors (Lipinski definition) is 1. The van der Waals surface area contributed by atoms with Gasteiger partial charge in [-0.2, -0.15) is 0 Å². The predicted octanol–water partition coefficient (Wildman–Crippen LogP) is 5.34. The fraction of sp³-hybridized carbons (Fsp3) is 0.200. The molecule has 1 aromatic heterocycles. The summed E-state index contributed by atoms with van der Waals surface area (Å²) in [4.78, 5) is 45.1. The van der Waals surface area contributed by atoms with Crippen LogP contribution in [0.25, 0.3) is 16.0 Å². The highest BCUT2D eigenvalue weighted by molar-refractivity contribution is 7.22. The first kappa shape index (κ1) is 24.8. The molecular formula is C30H24N2O6S. The maximum atomic E-state index is 13.5. The Balaban J connectivity index is 1.52. The fourth-order valence-corrected chi connectivity index (χ4v) is 6.20. The van der Waals surface area contributed by atoms with Gasteiger partial charge in [0.1, 0.15) is 17.6 Å². The Morgan fingerprint density at radius 1 is 1.08 bits per heavy atom. The molecule has 2 aliphatic rings. The number of amides is 1. The largest absolute Gasteiger partial charge is 0.507 e. The van der Waals surface area contributed by atoms with Gasteiger partial charge in [0.2, 0.25) is 0 Å². The average molecular weight is 541 g/mol. The molecule has 1 N–H and O–H groups in total. The highest BCUT2D eigenvalue weighted by Crippen LogP contribution is 2.45. The summed E-state index contributed by atoms with van der Waals surface area (Å²) in [6.45, 7) is 3.93. The smallest absolute Gasteiger partial charge is 0.337 e. The number of esters is 1. The normalized spacial score (nSPS) is 19.8. The number of carbonyl (C=O) groups excluding carboxylic acids is 3. The highest BCUT2D eigenvalue weighted by atomic mass is 32.1. The van der Waals surface area contributed by atoms with Gasteiger partial charge < -0.3 is 14.6 Å². The standard InChI is InChI=1S/C30H24N2O6S/c1-15-4-10-21-23(12-15)39-30(31-21)32-25(17-5-7-18(8-6-17)29(36)37-3)24(27(34)28(32)35)26(33)19-9-11-22-20(14-19)13-16(2)38-22/h4-12,14,16,25,33H,13H2,1-3H3/b26-24+. The van der Waals surface area contributed by atoms with Gasteiger partial charge in [-0.1, -0.05) is 29.5 Å². The van der Waals surface area contributed by atoms with Gasteiger partial charge >= 0.3 is 11.9 Å². The van der Waals surface area contributed by atoms with Crippen LogP contribution < -0.4 is 9.64 Å². The van der Waals surface area contributed by atoms with E-state index in [2.05, 4.69) is 4.98 Å². The molecule has 0 saturated carbocycles. The molecule has 2 unspecified atom stereocenters. The fourth-order valence-electron chi connectivity index (χ4n) is 5.11. The molecule has 0 aliphatic carbocycles. The minimum Gasteiger partial charge on any atom is -0.507 e. The molecule has 2 aliphatic heterocycles. The highest BCUT2D eigenvalue weighted by Gasteiger charge is 2.48. The molecule has 1 fully saturated rings. The van der Waals surface area contributed by atoms with Crippen LogP contribution in [0.4, 0.5) is 5.13 Å². The van der Waals surface area contributed by atoms with Crippen LogP contribution in [0.1, 0.15) is 45.6 Å². The van der Waals surface area contributed by atoms with E-state index < -0.39 is 23.7 Å². The number of aryl methyl sites for hydroxylation is 1. The molecular weight excluding hydrogens is 516 g/mol. The van der Waals surface area contributed by atoms with Crippen LogP contribution >= 0.6 is 11.3 Å². The first-order valence-electron chi connectivity index (χ1n) is 12.4. The Kier molecular flexibility index (Phi) is 5.95. The van der Waals surface area contributed by atoms with Crippen molar-refractivity contribution >= 4 is 50.1 Å². The number of thiazole rings is 1. The molecule has 39 heavy (non-hydrogen) atoms. The number of ether oxygens (including phenoxy) is 2. The van der Waals surface area contributed by atoms with Crippen molar-refractivity contribution in [3.8, 4) is 5.75 Å². The van der Waals surface area contributed by atoms with E-state index in [0.717, 1.165) is 21.6 Å². The molecule has 6 rings (SSSR count). The maximum absolute atomic E-state index is 13.5. The number of ketones is 1. The van der Waals surface area contributed by atoms with Gasteiger partial charge in [-0.15, -0.1) is 0 Å². The molecule has 0 radical (unpaired) electrons. The summed E-state index contributed by atoms with van der Waals surface area (Å²) in [5.41, 5.74) is 3.90. The Hall–Kier alpha value is -4.50. The molecule has 8 nitrogen and oxygen atoms in total. The van der Waals surface area contributed by atoms with Crippen molar-refractivity contribution in [2.45, 2.75) is 32.4 Å². The van der Waals surface area contributed by atoms with Gasteiger partial charge in [0, 0.05) is 12.0 Å². The van der Waals surface area contributed by atoms with E-state index in [4.69, 9.17) is 9.47 Å². The van der Waals surface area contributed by atoms with Crippen molar-refractivity contribution in [1.29, 1.82) is 0 Å². The lowest BCUT2D eigenvalue weighted by Crippen LogP contribution is -2.29. The van der Waals surface area contributed by atoms with Crippen LogP contribution in [-0.4, -0.2) is 41.0 Å². The van der Waals surface area contributed by atoms with E-state index >= 15 is 0 Å². The number of rotatable bonds is 4. The van der Waals surface area contributed by atoms with Gasteiger partial charge in [0.15, 0.2) is 5.13 Å². The monoisotopic (exact) mass is 540 g/mol. The molecule has 1 saturated heterocycles. The maximum Gasteiger partial charge on any atom is 0.337 e. The number of aliphatic hydroxyl groups excluding tert-OH is 1. The summed E-state index contributed by atoms with van der Waals surface area (Å²) in [7, 11) is 1.29. The lowest BCUT2D eigenvalue weighted by Gasteiger charge is -2.23. The Morgan fingerprint density at radius 2 is 1.82 bits per heavy atom. The summed E-state index contributed by atoms with van der Waals surface area (Å²) in [6.07, 6.45) is 0.688. The summed E-state index contributed by atoms with van der Waals surface area (Å²) in [5.74, 6) is -1.65. The molecule has 0 spiro atoms. The van der Waals surface area contributed by atoms with Gasteiger partial charge in [-0.25, -0.2) is 9.78 Å². The van der Waals surface area contributed by atoms with E-state index in [9.17, 15) is 19.5 Å². The quantitative estimate of drug-likeness (QED) is 0.161. The first-order chi connectivity index (χ1) is 18.7. The first-order valence-corrected chi connectivity index (χ1v) is 13.2. The second-order valence-corrected chi connectivity index (χ2v) is 10.7. The van der Waals surface area contributed by atoms with Crippen molar-refractivity contribution in [3.63, 3.8) is 0 Å². The van der Waals surface area contributed by atoms with E-state index in [1.165, 1.54) is 23.3 Å².